The monoisotopic (exact) mass is 194 g/mol. The van der Waals surface area contributed by atoms with Crippen molar-refractivity contribution in [1.29, 1.82) is 0 Å². The van der Waals surface area contributed by atoms with Crippen LogP contribution in [0.2, 0.25) is 0 Å². The van der Waals surface area contributed by atoms with Gasteiger partial charge in [-0.3, -0.25) is 0 Å². The van der Waals surface area contributed by atoms with Gasteiger partial charge in [-0.05, 0) is 20.8 Å². The van der Waals surface area contributed by atoms with Crippen LogP contribution in [-0.4, -0.2) is 42.3 Å². The third kappa shape index (κ3) is 18.4. The zero-order valence-electron chi connectivity index (χ0n) is 8.32. The van der Waals surface area contributed by atoms with Crippen LogP contribution in [-0.2, 0) is 14.3 Å². The molecule has 0 bridgehead atoms. The zero-order valence-corrected chi connectivity index (χ0v) is 8.32. The molecule has 0 fully saturated rings. The molecule has 0 aromatic rings. The van der Waals surface area contributed by atoms with E-state index in [9.17, 15) is 0 Å². The van der Waals surface area contributed by atoms with E-state index >= 15 is 0 Å². The zero-order chi connectivity index (χ0) is 10.7. The molecule has 0 saturated heterocycles. The number of ether oxygens (including phenoxy) is 2. The minimum absolute atomic E-state index is 0.0370. The SMILES string of the molecule is CCOC(C)OCC.O=C(O)CO. The van der Waals surface area contributed by atoms with Crippen LogP contribution in [0.5, 0.6) is 0 Å². The third-order valence-electron chi connectivity index (χ3n) is 0.938. The summed E-state index contributed by atoms with van der Waals surface area (Å²) in [5, 5.41) is 15.0. The van der Waals surface area contributed by atoms with Gasteiger partial charge < -0.3 is 19.7 Å². The average molecular weight is 194 g/mol. The number of carboxylic acid groups (broad SMARTS) is 1. The molecule has 0 spiro atoms. The van der Waals surface area contributed by atoms with E-state index in [0.29, 0.717) is 0 Å². The molecule has 0 aromatic carbocycles. The first kappa shape index (κ1) is 14.9. The number of hydrogen-bond acceptors (Lipinski definition) is 4. The largest absolute Gasteiger partial charge is 0.480 e. The highest BCUT2D eigenvalue weighted by Crippen LogP contribution is 1.90. The summed E-state index contributed by atoms with van der Waals surface area (Å²) in [6.07, 6.45) is -0.0370. The predicted molar refractivity (Wildman–Crippen MR) is 47.4 cm³/mol. The molecule has 0 amide bonds. The van der Waals surface area contributed by atoms with Crippen molar-refractivity contribution in [3.8, 4) is 0 Å². The molecule has 0 saturated carbocycles. The standard InChI is InChI=1S/C6H14O2.C2H4O3/c1-4-7-6(3)8-5-2;3-1-2(4)5/h6H,4-5H2,1-3H3;3H,1H2,(H,4,5). The number of carboxylic acids is 1. The lowest BCUT2D eigenvalue weighted by Gasteiger charge is -2.09. The van der Waals surface area contributed by atoms with Gasteiger partial charge in [0.2, 0.25) is 0 Å². The van der Waals surface area contributed by atoms with Crippen LogP contribution in [0.15, 0.2) is 0 Å². The summed E-state index contributed by atoms with van der Waals surface area (Å²) in [6.45, 7) is 6.47. The van der Waals surface area contributed by atoms with E-state index < -0.39 is 12.6 Å². The summed E-state index contributed by atoms with van der Waals surface area (Å²) in [7, 11) is 0. The molecular weight excluding hydrogens is 176 g/mol. The first-order valence-electron chi connectivity index (χ1n) is 4.14. The normalized spacial score (nSPS) is 9.31. The summed E-state index contributed by atoms with van der Waals surface area (Å²) in [4.78, 5) is 9.12. The topological polar surface area (TPSA) is 76.0 Å². The van der Waals surface area contributed by atoms with Crippen LogP contribution in [0.25, 0.3) is 0 Å². The maximum Gasteiger partial charge on any atom is 0.329 e. The molecule has 2 N–H and O–H groups in total. The van der Waals surface area contributed by atoms with Crippen LogP contribution >= 0.6 is 0 Å². The number of carbonyl (C=O) groups is 1. The molecule has 0 aromatic heterocycles. The molecular formula is C8H18O5. The van der Waals surface area contributed by atoms with E-state index in [1.807, 2.05) is 20.8 Å². The Morgan fingerprint density at radius 1 is 1.31 bits per heavy atom. The summed E-state index contributed by atoms with van der Waals surface area (Å²) >= 11 is 0. The molecule has 0 aliphatic carbocycles. The summed E-state index contributed by atoms with van der Waals surface area (Å²) in [5.41, 5.74) is 0. The molecule has 0 radical (unpaired) electrons. The lowest BCUT2D eigenvalue weighted by Crippen LogP contribution is -2.11. The van der Waals surface area contributed by atoms with Gasteiger partial charge in [0.15, 0.2) is 6.29 Å². The molecule has 0 unspecified atom stereocenters. The molecule has 0 heterocycles. The highest BCUT2D eigenvalue weighted by molar-refractivity contribution is 5.67. The predicted octanol–water partition coefficient (Wildman–Crippen LogP) is 0.469. The fraction of sp³-hybridized carbons (Fsp3) is 0.875. The van der Waals surface area contributed by atoms with Crippen LogP contribution in [0.3, 0.4) is 0 Å². The molecule has 0 aliphatic heterocycles. The van der Waals surface area contributed by atoms with Crippen molar-refractivity contribution < 1.29 is 24.5 Å². The van der Waals surface area contributed by atoms with E-state index in [1.165, 1.54) is 0 Å². The summed E-state index contributed by atoms with van der Waals surface area (Å²) < 4.78 is 10.1. The highest BCUT2D eigenvalue weighted by atomic mass is 16.7. The van der Waals surface area contributed by atoms with Crippen LogP contribution in [0.1, 0.15) is 20.8 Å². The Labute approximate surface area is 78.3 Å². The second-order valence-corrected chi connectivity index (χ2v) is 2.03. The van der Waals surface area contributed by atoms with E-state index in [4.69, 9.17) is 24.5 Å². The van der Waals surface area contributed by atoms with E-state index in [2.05, 4.69) is 0 Å². The number of hydrogen-bond donors (Lipinski definition) is 2. The Hall–Kier alpha value is -0.650. The number of rotatable bonds is 5. The van der Waals surface area contributed by atoms with Gasteiger partial charge in [0, 0.05) is 13.2 Å². The second kappa shape index (κ2) is 11.4. The highest BCUT2D eigenvalue weighted by Gasteiger charge is 1.94. The molecule has 0 rings (SSSR count). The van der Waals surface area contributed by atoms with Crippen molar-refractivity contribution in [1.82, 2.24) is 0 Å². The van der Waals surface area contributed by atoms with Crippen molar-refractivity contribution in [2.75, 3.05) is 19.8 Å². The van der Waals surface area contributed by atoms with Crippen LogP contribution < -0.4 is 0 Å². The third-order valence-corrected chi connectivity index (χ3v) is 0.938. The lowest BCUT2D eigenvalue weighted by atomic mass is 10.7. The van der Waals surface area contributed by atoms with Crippen molar-refractivity contribution >= 4 is 5.97 Å². The number of aliphatic hydroxyl groups excluding tert-OH is 1. The first-order valence-corrected chi connectivity index (χ1v) is 4.14. The fourth-order valence-electron chi connectivity index (χ4n) is 0.518. The number of aliphatic carboxylic acids is 1. The molecule has 5 nitrogen and oxygen atoms in total. The van der Waals surface area contributed by atoms with Crippen molar-refractivity contribution in [2.24, 2.45) is 0 Å². The van der Waals surface area contributed by atoms with Crippen molar-refractivity contribution in [2.45, 2.75) is 27.1 Å². The number of aliphatic hydroxyl groups is 1. The molecule has 0 aliphatic rings. The minimum Gasteiger partial charge on any atom is -0.480 e. The Morgan fingerprint density at radius 3 is 1.77 bits per heavy atom. The maximum absolute atomic E-state index is 9.12. The molecule has 13 heavy (non-hydrogen) atoms. The molecule has 0 atom stereocenters. The van der Waals surface area contributed by atoms with Crippen LogP contribution in [0.4, 0.5) is 0 Å². The Kier molecular flexibility index (Phi) is 13.0. The fourth-order valence-corrected chi connectivity index (χ4v) is 0.518. The first-order chi connectivity index (χ1) is 6.08. The van der Waals surface area contributed by atoms with Gasteiger partial charge in [-0.1, -0.05) is 0 Å². The average Bonchev–Trinajstić information content (AvgIpc) is 2.06. The smallest absolute Gasteiger partial charge is 0.329 e. The van der Waals surface area contributed by atoms with Gasteiger partial charge in [-0.25, -0.2) is 4.79 Å². The van der Waals surface area contributed by atoms with E-state index in [0.717, 1.165) is 13.2 Å². The van der Waals surface area contributed by atoms with Crippen molar-refractivity contribution in [3.63, 3.8) is 0 Å². The summed E-state index contributed by atoms with van der Waals surface area (Å²) in [5.74, 6) is -1.19. The Morgan fingerprint density at radius 2 is 1.62 bits per heavy atom. The van der Waals surface area contributed by atoms with Gasteiger partial charge in [-0.15, -0.1) is 0 Å². The molecule has 5 heteroatoms. The van der Waals surface area contributed by atoms with Gasteiger partial charge in [0.05, 0.1) is 0 Å². The van der Waals surface area contributed by atoms with E-state index in [1.54, 1.807) is 0 Å². The van der Waals surface area contributed by atoms with Gasteiger partial charge in [-0.2, -0.15) is 0 Å². The van der Waals surface area contributed by atoms with Crippen LogP contribution in [0, 0.1) is 0 Å². The minimum atomic E-state index is -1.19. The van der Waals surface area contributed by atoms with Gasteiger partial charge in [0.25, 0.3) is 0 Å². The summed E-state index contributed by atoms with van der Waals surface area (Å²) in [6, 6.07) is 0. The van der Waals surface area contributed by atoms with Gasteiger partial charge in [0.1, 0.15) is 6.61 Å². The quantitative estimate of drug-likeness (QED) is 0.622. The van der Waals surface area contributed by atoms with Crippen molar-refractivity contribution in [3.05, 3.63) is 0 Å². The second-order valence-electron chi connectivity index (χ2n) is 2.03. The van der Waals surface area contributed by atoms with Gasteiger partial charge >= 0.3 is 5.97 Å². The Balaban J connectivity index is 0. The van der Waals surface area contributed by atoms with E-state index in [-0.39, 0.29) is 6.29 Å². The molecule has 80 valence electrons. The maximum atomic E-state index is 9.12. The lowest BCUT2D eigenvalue weighted by molar-refractivity contribution is -0.140. The Bertz CT molecular complexity index is 109.